The van der Waals surface area contributed by atoms with E-state index in [0.29, 0.717) is 42.7 Å². The predicted molar refractivity (Wildman–Crippen MR) is 127 cm³/mol. The van der Waals surface area contributed by atoms with Gasteiger partial charge in [0.15, 0.2) is 5.69 Å². The van der Waals surface area contributed by atoms with E-state index in [4.69, 9.17) is 16.7 Å². The average Bonchev–Trinajstić information content (AvgIpc) is 3.35. The van der Waals surface area contributed by atoms with Crippen molar-refractivity contribution in [1.29, 1.82) is 0 Å². The molecule has 2 aromatic heterocycles. The predicted octanol–water partition coefficient (Wildman–Crippen LogP) is 3.80. The number of fused-ring (bicyclic) bond motifs is 1. The molecule has 5 rings (SSSR count). The molecule has 2 aliphatic rings. The second kappa shape index (κ2) is 9.27. The maximum Gasteiger partial charge on any atom is 0.274 e. The topological polar surface area (TPSA) is 71.3 Å². The van der Waals surface area contributed by atoms with Crippen molar-refractivity contribution in [3.05, 3.63) is 68.4 Å². The van der Waals surface area contributed by atoms with Gasteiger partial charge in [-0.3, -0.25) is 14.3 Å². The first-order valence-corrected chi connectivity index (χ1v) is 12.5. The summed E-state index contributed by atoms with van der Waals surface area (Å²) in [6.07, 6.45) is 3.37. The monoisotopic (exact) mass is 483 g/mol. The van der Waals surface area contributed by atoms with Crippen LogP contribution in [-0.4, -0.2) is 50.0 Å². The molecule has 1 saturated carbocycles. The van der Waals surface area contributed by atoms with Gasteiger partial charge in [0.05, 0.1) is 24.2 Å². The molecule has 0 N–H and O–H groups in total. The fourth-order valence-electron chi connectivity index (χ4n) is 4.30. The lowest BCUT2D eigenvalue weighted by atomic mass is 10.0. The van der Waals surface area contributed by atoms with Crippen LogP contribution >= 0.6 is 22.9 Å². The molecule has 1 aliphatic carbocycles. The highest BCUT2D eigenvalue weighted by molar-refractivity contribution is 7.07. The Labute approximate surface area is 202 Å². The van der Waals surface area contributed by atoms with Crippen LogP contribution in [0.5, 0.6) is 0 Å². The molecule has 0 unspecified atom stereocenters. The summed E-state index contributed by atoms with van der Waals surface area (Å²) in [4.78, 5) is 34.2. The summed E-state index contributed by atoms with van der Waals surface area (Å²) in [5.74, 6) is 0.525. The lowest BCUT2D eigenvalue weighted by Crippen LogP contribution is -2.38. The van der Waals surface area contributed by atoms with Crippen molar-refractivity contribution in [3.63, 3.8) is 0 Å². The number of rotatable bonds is 7. The van der Waals surface area contributed by atoms with E-state index in [9.17, 15) is 9.59 Å². The van der Waals surface area contributed by atoms with Crippen LogP contribution < -0.4 is 0 Å². The fourth-order valence-corrected chi connectivity index (χ4v) is 5.05. The lowest BCUT2D eigenvalue weighted by Gasteiger charge is -2.28. The molecule has 9 heteroatoms. The van der Waals surface area contributed by atoms with Crippen LogP contribution in [0.2, 0.25) is 5.02 Å². The Balaban J connectivity index is 1.38. The van der Waals surface area contributed by atoms with Gasteiger partial charge in [-0.1, -0.05) is 29.8 Å². The molecule has 3 aromatic rings. The number of thiazole rings is 1. The molecule has 1 fully saturated rings. The summed E-state index contributed by atoms with van der Waals surface area (Å²) in [7, 11) is 1.77. The van der Waals surface area contributed by atoms with Crippen LogP contribution in [0.4, 0.5) is 0 Å². The Bertz CT molecular complexity index is 1170. The maximum absolute atomic E-state index is 13.4. The second-order valence-corrected chi connectivity index (χ2v) is 10.00. The van der Waals surface area contributed by atoms with Crippen molar-refractivity contribution in [2.75, 3.05) is 13.6 Å². The molecule has 3 heterocycles. The average molecular weight is 484 g/mol. The van der Waals surface area contributed by atoms with Crippen LogP contribution in [0.25, 0.3) is 0 Å². The third-order valence-electron chi connectivity index (χ3n) is 6.35. The molecule has 2 amide bonds. The highest BCUT2D eigenvalue weighted by atomic mass is 35.5. The quantitative estimate of drug-likeness (QED) is 0.512. The minimum absolute atomic E-state index is 0.0120. The van der Waals surface area contributed by atoms with Crippen molar-refractivity contribution >= 4 is 34.8 Å². The molecule has 1 aliphatic heterocycles. The van der Waals surface area contributed by atoms with E-state index in [-0.39, 0.29) is 18.2 Å². The zero-order valence-corrected chi connectivity index (χ0v) is 20.1. The lowest BCUT2D eigenvalue weighted by molar-refractivity contribution is -0.131. The van der Waals surface area contributed by atoms with Gasteiger partial charge < -0.3 is 9.80 Å². The molecule has 7 nitrogen and oxygen atoms in total. The number of carbonyl (C=O) groups is 2. The van der Waals surface area contributed by atoms with Gasteiger partial charge in [0.2, 0.25) is 5.91 Å². The molecule has 0 bridgehead atoms. The van der Waals surface area contributed by atoms with Gasteiger partial charge in [-0.2, -0.15) is 5.10 Å². The molecule has 0 saturated heterocycles. The SMILES string of the molecule is CN(Cc1cscn1)C(=O)c1nn(CC2CC2)c2c1CN(C(=O)Cc1ccccc1Cl)CC2. The Morgan fingerprint density at radius 2 is 2.09 bits per heavy atom. The van der Waals surface area contributed by atoms with E-state index in [2.05, 4.69) is 4.98 Å². The van der Waals surface area contributed by atoms with Gasteiger partial charge in [-0.05, 0) is 30.4 Å². The number of benzene rings is 1. The molecule has 0 spiro atoms. The smallest absolute Gasteiger partial charge is 0.274 e. The minimum Gasteiger partial charge on any atom is -0.338 e. The summed E-state index contributed by atoms with van der Waals surface area (Å²) in [5, 5.41) is 7.30. The van der Waals surface area contributed by atoms with E-state index >= 15 is 0 Å². The van der Waals surface area contributed by atoms with E-state index in [1.807, 2.05) is 33.2 Å². The third kappa shape index (κ3) is 4.82. The summed E-state index contributed by atoms with van der Waals surface area (Å²) in [5.41, 5.74) is 5.87. The van der Waals surface area contributed by atoms with Gasteiger partial charge in [0, 0.05) is 54.8 Å². The Kier molecular flexibility index (Phi) is 6.21. The van der Waals surface area contributed by atoms with Crippen molar-refractivity contribution in [2.45, 2.75) is 45.3 Å². The highest BCUT2D eigenvalue weighted by Gasteiger charge is 2.33. The van der Waals surface area contributed by atoms with Gasteiger partial charge in [0.1, 0.15) is 0 Å². The zero-order chi connectivity index (χ0) is 22.9. The van der Waals surface area contributed by atoms with Crippen LogP contribution in [0.3, 0.4) is 0 Å². The van der Waals surface area contributed by atoms with Gasteiger partial charge in [0.25, 0.3) is 5.91 Å². The largest absolute Gasteiger partial charge is 0.338 e. The van der Waals surface area contributed by atoms with Crippen LogP contribution in [0.1, 0.15) is 45.8 Å². The van der Waals surface area contributed by atoms with Crippen LogP contribution in [0, 0.1) is 5.92 Å². The third-order valence-corrected chi connectivity index (χ3v) is 7.35. The van der Waals surface area contributed by atoms with Gasteiger partial charge in [-0.25, -0.2) is 4.98 Å². The number of amides is 2. The normalized spacial score (nSPS) is 15.4. The van der Waals surface area contributed by atoms with Crippen molar-refractivity contribution < 1.29 is 9.59 Å². The van der Waals surface area contributed by atoms with Crippen molar-refractivity contribution in [1.82, 2.24) is 24.6 Å². The maximum atomic E-state index is 13.4. The molecule has 0 radical (unpaired) electrons. The van der Waals surface area contributed by atoms with Crippen molar-refractivity contribution in [3.8, 4) is 0 Å². The number of aromatic nitrogens is 3. The van der Waals surface area contributed by atoms with E-state index in [1.165, 1.54) is 24.2 Å². The first-order chi connectivity index (χ1) is 16.0. The number of nitrogens with zero attached hydrogens (tertiary/aromatic N) is 5. The molecular formula is C24H26ClN5O2S. The van der Waals surface area contributed by atoms with Crippen LogP contribution in [-0.2, 0) is 37.3 Å². The summed E-state index contributed by atoms with van der Waals surface area (Å²) >= 11 is 7.78. The number of carbonyl (C=O) groups excluding carboxylic acids is 2. The second-order valence-electron chi connectivity index (χ2n) is 8.87. The summed E-state index contributed by atoms with van der Waals surface area (Å²) < 4.78 is 2.02. The standard InChI is InChI=1S/C24H26ClN5O2S/c1-28(12-18-14-33-15-26-18)24(32)23-19-13-29(22(31)10-17-4-2-3-5-20(17)25)9-8-21(19)30(27-23)11-16-6-7-16/h2-5,14-16H,6-13H2,1H3. The summed E-state index contributed by atoms with van der Waals surface area (Å²) in [6, 6.07) is 7.43. The number of hydrogen-bond donors (Lipinski definition) is 0. The molecule has 33 heavy (non-hydrogen) atoms. The molecular weight excluding hydrogens is 458 g/mol. The fraction of sp³-hybridized carbons (Fsp3) is 0.417. The zero-order valence-electron chi connectivity index (χ0n) is 18.5. The number of halogens is 1. The molecule has 1 aromatic carbocycles. The number of hydrogen-bond acceptors (Lipinski definition) is 5. The Morgan fingerprint density at radius 3 is 2.82 bits per heavy atom. The molecule has 172 valence electrons. The Hall–Kier alpha value is -2.71. The van der Waals surface area contributed by atoms with Crippen LogP contribution in [0.15, 0.2) is 35.2 Å². The minimum atomic E-state index is -0.130. The summed E-state index contributed by atoms with van der Waals surface area (Å²) in [6.45, 7) is 2.30. The van der Waals surface area contributed by atoms with E-state index in [0.717, 1.165) is 29.1 Å². The van der Waals surface area contributed by atoms with Gasteiger partial charge >= 0.3 is 0 Å². The van der Waals surface area contributed by atoms with E-state index in [1.54, 1.807) is 23.5 Å². The van der Waals surface area contributed by atoms with Crippen molar-refractivity contribution in [2.24, 2.45) is 5.92 Å². The van der Waals surface area contributed by atoms with E-state index < -0.39 is 0 Å². The van der Waals surface area contributed by atoms with Gasteiger partial charge in [-0.15, -0.1) is 11.3 Å². The first-order valence-electron chi connectivity index (χ1n) is 11.2. The highest BCUT2D eigenvalue weighted by Crippen LogP contribution is 2.33. The first kappa shape index (κ1) is 22.1. The Morgan fingerprint density at radius 1 is 1.27 bits per heavy atom. The molecule has 0 atom stereocenters.